The van der Waals surface area contributed by atoms with E-state index in [2.05, 4.69) is 30.7 Å². The van der Waals surface area contributed by atoms with Gasteiger partial charge in [0.2, 0.25) is 5.91 Å². The summed E-state index contributed by atoms with van der Waals surface area (Å²) in [6.07, 6.45) is 2.63. The molecule has 5 heteroatoms. The maximum Gasteiger partial charge on any atom is 0.237 e. The van der Waals surface area contributed by atoms with Gasteiger partial charge in [-0.15, -0.1) is 11.6 Å². The van der Waals surface area contributed by atoms with Gasteiger partial charge in [-0.25, -0.2) is 9.97 Å². The molecule has 18 heavy (non-hydrogen) atoms. The molecule has 0 fully saturated rings. The van der Waals surface area contributed by atoms with Crippen LogP contribution in [0.15, 0.2) is 6.20 Å². The van der Waals surface area contributed by atoms with Crippen LogP contribution in [-0.4, -0.2) is 33.2 Å². The Morgan fingerprint density at radius 3 is 2.83 bits per heavy atom. The Kier molecular flexibility index (Phi) is 3.57. The molecule has 0 N–H and O–H groups in total. The molecule has 1 amide bonds. The van der Waals surface area contributed by atoms with Gasteiger partial charge in [-0.1, -0.05) is 20.8 Å². The molecule has 2 rings (SSSR count). The SMILES string of the molecule is CC(C)(C)c1ncc2c(n1)CCN(C(=O)CCl)C2. The fraction of sp³-hybridized carbons (Fsp3) is 0.615. The Bertz CT molecular complexity index is 468. The Balaban J connectivity index is 2.24. The normalized spacial score (nSPS) is 15.4. The van der Waals surface area contributed by atoms with Crippen LogP contribution in [0, 0.1) is 0 Å². The van der Waals surface area contributed by atoms with Crippen molar-refractivity contribution in [3.05, 3.63) is 23.3 Å². The third kappa shape index (κ3) is 2.64. The molecule has 1 aliphatic heterocycles. The smallest absolute Gasteiger partial charge is 0.237 e. The number of carbonyl (C=O) groups excluding carboxylic acids is 1. The number of hydrogen-bond acceptors (Lipinski definition) is 3. The third-order valence-electron chi connectivity index (χ3n) is 3.07. The predicted molar refractivity (Wildman–Crippen MR) is 70.6 cm³/mol. The lowest BCUT2D eigenvalue weighted by Gasteiger charge is -2.28. The standard InChI is InChI=1S/C13H18ClN3O/c1-13(2,3)12-15-7-9-8-17(11(18)6-14)5-4-10(9)16-12/h7H,4-6,8H2,1-3H3. The highest BCUT2D eigenvalue weighted by atomic mass is 35.5. The van der Waals surface area contributed by atoms with Crippen molar-refractivity contribution < 1.29 is 4.79 Å². The van der Waals surface area contributed by atoms with Gasteiger partial charge in [0, 0.05) is 36.7 Å². The van der Waals surface area contributed by atoms with Gasteiger partial charge in [-0.3, -0.25) is 4.79 Å². The van der Waals surface area contributed by atoms with E-state index in [1.165, 1.54) is 0 Å². The van der Waals surface area contributed by atoms with Crippen LogP contribution in [0.5, 0.6) is 0 Å². The molecule has 4 nitrogen and oxygen atoms in total. The first-order valence-corrected chi connectivity index (χ1v) is 6.64. The Morgan fingerprint density at radius 2 is 2.22 bits per heavy atom. The van der Waals surface area contributed by atoms with Crippen LogP contribution >= 0.6 is 11.6 Å². The molecule has 98 valence electrons. The topological polar surface area (TPSA) is 46.1 Å². The molecule has 0 radical (unpaired) electrons. The summed E-state index contributed by atoms with van der Waals surface area (Å²) >= 11 is 5.58. The fourth-order valence-corrected chi connectivity index (χ4v) is 2.14. The summed E-state index contributed by atoms with van der Waals surface area (Å²) in [5.74, 6) is 0.872. The Labute approximate surface area is 112 Å². The summed E-state index contributed by atoms with van der Waals surface area (Å²) in [4.78, 5) is 22.3. The Morgan fingerprint density at radius 1 is 1.50 bits per heavy atom. The van der Waals surface area contributed by atoms with Crippen molar-refractivity contribution in [2.24, 2.45) is 0 Å². The minimum Gasteiger partial charge on any atom is -0.337 e. The van der Waals surface area contributed by atoms with Crippen LogP contribution in [-0.2, 0) is 23.2 Å². The molecule has 0 saturated heterocycles. The van der Waals surface area contributed by atoms with Gasteiger partial charge in [-0.2, -0.15) is 0 Å². The zero-order valence-electron chi connectivity index (χ0n) is 11.0. The van der Waals surface area contributed by atoms with E-state index in [1.54, 1.807) is 4.90 Å². The number of rotatable bonds is 1. The van der Waals surface area contributed by atoms with Crippen LogP contribution in [0.1, 0.15) is 37.9 Å². The average Bonchev–Trinajstić information content (AvgIpc) is 2.35. The number of aromatic nitrogens is 2. The number of amides is 1. The first kappa shape index (κ1) is 13.3. The molecule has 0 aromatic carbocycles. The number of hydrogen-bond donors (Lipinski definition) is 0. The van der Waals surface area contributed by atoms with Crippen LogP contribution in [0.3, 0.4) is 0 Å². The molecule has 0 atom stereocenters. The van der Waals surface area contributed by atoms with E-state index in [4.69, 9.17) is 11.6 Å². The summed E-state index contributed by atoms with van der Waals surface area (Å²) in [5.41, 5.74) is 2.05. The first-order valence-electron chi connectivity index (χ1n) is 6.11. The largest absolute Gasteiger partial charge is 0.337 e. The molecule has 1 aliphatic rings. The second kappa shape index (κ2) is 4.84. The van der Waals surface area contributed by atoms with Crippen molar-refractivity contribution in [2.45, 2.75) is 39.2 Å². The molecule has 0 aliphatic carbocycles. The summed E-state index contributed by atoms with van der Waals surface area (Å²) in [6, 6.07) is 0. The van der Waals surface area contributed by atoms with Gasteiger partial charge in [0.1, 0.15) is 11.7 Å². The zero-order chi connectivity index (χ0) is 13.3. The monoisotopic (exact) mass is 267 g/mol. The summed E-state index contributed by atoms with van der Waals surface area (Å²) < 4.78 is 0. The molecular weight excluding hydrogens is 250 g/mol. The highest BCUT2D eigenvalue weighted by molar-refractivity contribution is 6.27. The molecule has 1 aromatic heterocycles. The van der Waals surface area contributed by atoms with E-state index >= 15 is 0 Å². The number of alkyl halides is 1. The molecule has 0 bridgehead atoms. The van der Waals surface area contributed by atoms with Crippen molar-refractivity contribution >= 4 is 17.5 Å². The van der Waals surface area contributed by atoms with Crippen LogP contribution in [0.2, 0.25) is 0 Å². The maximum atomic E-state index is 11.6. The van der Waals surface area contributed by atoms with Crippen molar-refractivity contribution in [3.63, 3.8) is 0 Å². The molecule has 1 aromatic rings. The lowest BCUT2D eigenvalue weighted by molar-refractivity contribution is -0.129. The van der Waals surface area contributed by atoms with Gasteiger partial charge in [0.25, 0.3) is 0 Å². The highest BCUT2D eigenvalue weighted by Gasteiger charge is 2.24. The summed E-state index contributed by atoms with van der Waals surface area (Å²) in [6.45, 7) is 7.56. The van der Waals surface area contributed by atoms with E-state index in [0.29, 0.717) is 13.1 Å². The van der Waals surface area contributed by atoms with Crippen LogP contribution in [0.4, 0.5) is 0 Å². The van der Waals surface area contributed by atoms with E-state index in [-0.39, 0.29) is 17.2 Å². The van der Waals surface area contributed by atoms with Gasteiger partial charge >= 0.3 is 0 Å². The first-order chi connectivity index (χ1) is 8.41. The molecule has 2 heterocycles. The zero-order valence-corrected chi connectivity index (χ0v) is 11.8. The number of fused-ring (bicyclic) bond motifs is 1. The van der Waals surface area contributed by atoms with Crippen molar-refractivity contribution in [2.75, 3.05) is 12.4 Å². The van der Waals surface area contributed by atoms with E-state index < -0.39 is 0 Å². The average molecular weight is 268 g/mol. The molecular formula is C13H18ClN3O. The quantitative estimate of drug-likeness (QED) is 0.730. The molecule has 0 saturated carbocycles. The van der Waals surface area contributed by atoms with Crippen molar-refractivity contribution in [1.82, 2.24) is 14.9 Å². The molecule has 0 unspecified atom stereocenters. The summed E-state index contributed by atoms with van der Waals surface area (Å²) in [7, 11) is 0. The predicted octanol–water partition coefficient (Wildman–Crippen LogP) is 1.90. The number of carbonyl (C=O) groups is 1. The second-order valence-electron chi connectivity index (χ2n) is 5.61. The van der Waals surface area contributed by atoms with Crippen molar-refractivity contribution in [1.29, 1.82) is 0 Å². The maximum absolute atomic E-state index is 11.6. The lowest BCUT2D eigenvalue weighted by Crippen LogP contribution is -2.37. The third-order valence-corrected chi connectivity index (χ3v) is 3.30. The lowest BCUT2D eigenvalue weighted by atomic mass is 9.95. The van der Waals surface area contributed by atoms with Gasteiger partial charge in [0.05, 0.1) is 5.69 Å². The second-order valence-corrected chi connectivity index (χ2v) is 5.88. The Hall–Kier alpha value is -1.16. The van der Waals surface area contributed by atoms with Crippen LogP contribution in [0.25, 0.3) is 0 Å². The van der Waals surface area contributed by atoms with Gasteiger partial charge in [0.15, 0.2) is 0 Å². The van der Waals surface area contributed by atoms with E-state index in [1.807, 2.05) is 6.20 Å². The van der Waals surface area contributed by atoms with E-state index in [0.717, 1.165) is 23.5 Å². The number of halogens is 1. The van der Waals surface area contributed by atoms with Gasteiger partial charge in [-0.05, 0) is 0 Å². The van der Waals surface area contributed by atoms with Gasteiger partial charge < -0.3 is 4.90 Å². The summed E-state index contributed by atoms with van der Waals surface area (Å²) in [5, 5.41) is 0. The number of nitrogens with zero attached hydrogens (tertiary/aromatic N) is 3. The van der Waals surface area contributed by atoms with Crippen molar-refractivity contribution in [3.8, 4) is 0 Å². The fourth-order valence-electron chi connectivity index (χ4n) is 1.97. The van der Waals surface area contributed by atoms with Crippen LogP contribution < -0.4 is 0 Å². The van der Waals surface area contributed by atoms with E-state index in [9.17, 15) is 4.79 Å². The molecule has 0 spiro atoms. The highest BCUT2D eigenvalue weighted by Crippen LogP contribution is 2.22. The minimum atomic E-state index is -0.0435. The minimum absolute atomic E-state index is 0.0257.